The molecule has 0 aromatic carbocycles. The van der Waals surface area contributed by atoms with Gasteiger partial charge in [-0.05, 0) is 31.9 Å². The minimum atomic E-state index is -5.06. The van der Waals surface area contributed by atoms with E-state index in [-0.39, 0.29) is 18.3 Å². The number of carbonyl (C=O) groups is 1. The number of halogens is 6. The van der Waals surface area contributed by atoms with E-state index >= 15 is 0 Å². The van der Waals surface area contributed by atoms with Crippen molar-refractivity contribution < 1.29 is 40.6 Å². The molecule has 0 saturated carbocycles. The molecule has 15 heteroatoms. The molecule has 9 nitrogen and oxygen atoms in total. The van der Waals surface area contributed by atoms with E-state index in [2.05, 4.69) is 15.0 Å². The molecular weight excluding hydrogens is 522 g/mol. The second-order valence-corrected chi connectivity index (χ2v) is 8.28. The normalized spacial score (nSPS) is 13.7. The van der Waals surface area contributed by atoms with Crippen molar-refractivity contribution in [1.29, 1.82) is 0 Å². The first-order valence-electron chi connectivity index (χ1n) is 11.4. The third-order valence-electron chi connectivity index (χ3n) is 5.84. The number of hydrogen-bond donors (Lipinski definition) is 1. The predicted octanol–water partition coefficient (Wildman–Crippen LogP) is 5.17. The standard InChI is InChI=1S/C23H26F6N6O3/c1-5-35(21(36)33-17(23(27,28)29)6-7-22(24,25)26)13(2)14-10-15(19(37-3)31-11-14)16-12-34-9-8-30-18(34)20(32-16)38-4/h8-13,17H,5-7H2,1-4H3,(H,33,36)/t13-,17+/m1/s1. The maximum atomic E-state index is 13.4. The van der Waals surface area contributed by atoms with Crippen LogP contribution in [0.4, 0.5) is 31.1 Å². The van der Waals surface area contributed by atoms with Crippen LogP contribution in [0.2, 0.25) is 0 Å². The van der Waals surface area contributed by atoms with Gasteiger partial charge in [0.2, 0.25) is 5.88 Å². The summed E-state index contributed by atoms with van der Waals surface area (Å²) >= 11 is 0. The Balaban J connectivity index is 1.92. The second kappa shape index (κ2) is 11.3. The highest BCUT2D eigenvalue weighted by Crippen LogP contribution is 2.33. The van der Waals surface area contributed by atoms with Crippen LogP contribution in [-0.2, 0) is 0 Å². The summed E-state index contributed by atoms with van der Waals surface area (Å²) < 4.78 is 90.1. The van der Waals surface area contributed by atoms with Crippen molar-refractivity contribution >= 4 is 11.7 Å². The van der Waals surface area contributed by atoms with Gasteiger partial charge in [0.05, 0.1) is 31.5 Å². The number of aromatic nitrogens is 4. The zero-order chi connectivity index (χ0) is 28.3. The summed E-state index contributed by atoms with van der Waals surface area (Å²) in [5.41, 5.74) is 1.66. The van der Waals surface area contributed by atoms with Crippen LogP contribution >= 0.6 is 0 Å². The van der Waals surface area contributed by atoms with Crippen LogP contribution < -0.4 is 14.8 Å². The SMILES string of the molecule is CCN(C(=O)N[C@@H](CCC(F)(F)F)C(F)(F)F)[C@H](C)c1cnc(OC)c(-c2cn3ccnc3c(OC)n2)c1. The van der Waals surface area contributed by atoms with Crippen LogP contribution in [0, 0.1) is 0 Å². The van der Waals surface area contributed by atoms with E-state index in [1.165, 1.54) is 27.3 Å². The largest absolute Gasteiger partial charge is 0.481 e. The Kier molecular flexibility index (Phi) is 8.57. The molecule has 3 aromatic rings. The first-order valence-corrected chi connectivity index (χ1v) is 11.4. The molecule has 208 valence electrons. The van der Waals surface area contributed by atoms with E-state index in [1.54, 1.807) is 41.3 Å². The van der Waals surface area contributed by atoms with E-state index in [1.807, 2.05) is 0 Å². The summed E-state index contributed by atoms with van der Waals surface area (Å²) in [5.74, 6) is 0.409. The number of ether oxygens (including phenoxy) is 2. The Bertz CT molecular complexity index is 1260. The van der Waals surface area contributed by atoms with Crippen molar-refractivity contribution in [2.24, 2.45) is 0 Å². The monoisotopic (exact) mass is 548 g/mol. The molecule has 2 amide bonds. The van der Waals surface area contributed by atoms with E-state index in [4.69, 9.17) is 9.47 Å². The summed E-state index contributed by atoms with van der Waals surface area (Å²) in [4.78, 5) is 26.7. The Labute approximate surface area is 213 Å². The minimum absolute atomic E-state index is 0.0364. The molecule has 0 radical (unpaired) electrons. The number of nitrogens with zero attached hydrogens (tertiary/aromatic N) is 5. The van der Waals surface area contributed by atoms with Crippen molar-refractivity contribution in [3.8, 4) is 23.0 Å². The van der Waals surface area contributed by atoms with Crippen LogP contribution in [0.15, 0.2) is 30.9 Å². The third kappa shape index (κ3) is 6.55. The molecule has 2 atom stereocenters. The van der Waals surface area contributed by atoms with Crippen LogP contribution in [0.5, 0.6) is 11.8 Å². The van der Waals surface area contributed by atoms with E-state index in [0.717, 1.165) is 4.90 Å². The average molecular weight is 548 g/mol. The molecule has 0 aliphatic carbocycles. The number of amides is 2. The van der Waals surface area contributed by atoms with Crippen LogP contribution in [0.3, 0.4) is 0 Å². The number of methoxy groups -OCH3 is 2. The van der Waals surface area contributed by atoms with Gasteiger partial charge in [0.15, 0.2) is 5.65 Å². The number of pyridine rings is 1. The van der Waals surface area contributed by atoms with Crippen molar-refractivity contribution in [3.05, 3.63) is 36.4 Å². The fourth-order valence-corrected chi connectivity index (χ4v) is 3.84. The molecule has 0 fully saturated rings. The molecule has 38 heavy (non-hydrogen) atoms. The number of imidazole rings is 1. The minimum Gasteiger partial charge on any atom is -0.481 e. The number of nitrogens with one attached hydrogen (secondary N) is 1. The summed E-state index contributed by atoms with van der Waals surface area (Å²) in [7, 11) is 2.82. The lowest BCUT2D eigenvalue weighted by molar-refractivity contribution is -0.171. The fraction of sp³-hybridized carbons (Fsp3) is 0.478. The molecule has 0 aliphatic heterocycles. The van der Waals surface area contributed by atoms with Crippen LogP contribution in [0.1, 0.15) is 38.3 Å². The Hall–Kier alpha value is -3.78. The topological polar surface area (TPSA) is 93.9 Å². The van der Waals surface area contributed by atoms with Crippen LogP contribution in [-0.4, -0.2) is 69.4 Å². The molecule has 0 spiro atoms. The highest BCUT2D eigenvalue weighted by atomic mass is 19.4. The van der Waals surface area contributed by atoms with Gasteiger partial charge in [-0.3, -0.25) is 0 Å². The molecule has 3 rings (SSSR count). The van der Waals surface area contributed by atoms with Crippen molar-refractivity contribution in [2.45, 2.75) is 51.1 Å². The Morgan fingerprint density at radius 1 is 1.13 bits per heavy atom. The number of hydrogen-bond acceptors (Lipinski definition) is 6. The summed E-state index contributed by atoms with van der Waals surface area (Å²) in [6.07, 6.45) is -6.61. The van der Waals surface area contributed by atoms with Crippen molar-refractivity contribution in [3.63, 3.8) is 0 Å². The number of carbonyl (C=O) groups excluding carboxylic acids is 1. The summed E-state index contributed by atoms with van der Waals surface area (Å²) in [6, 6.07) is -3.03. The fourth-order valence-electron chi connectivity index (χ4n) is 3.84. The van der Waals surface area contributed by atoms with Gasteiger partial charge in [-0.15, -0.1) is 0 Å². The van der Waals surface area contributed by atoms with Gasteiger partial charge in [-0.1, -0.05) is 0 Å². The highest BCUT2D eigenvalue weighted by molar-refractivity contribution is 5.75. The van der Waals surface area contributed by atoms with Crippen LogP contribution in [0.25, 0.3) is 16.9 Å². The van der Waals surface area contributed by atoms with Gasteiger partial charge >= 0.3 is 18.4 Å². The number of urea groups is 1. The molecular formula is C23H26F6N6O3. The Morgan fingerprint density at radius 2 is 1.82 bits per heavy atom. The average Bonchev–Trinajstić information content (AvgIpc) is 3.33. The van der Waals surface area contributed by atoms with E-state index in [0.29, 0.717) is 22.5 Å². The molecule has 3 heterocycles. The van der Waals surface area contributed by atoms with Gasteiger partial charge in [0.25, 0.3) is 5.88 Å². The molecule has 0 aliphatic rings. The first kappa shape index (κ1) is 28.8. The molecule has 0 saturated heterocycles. The van der Waals surface area contributed by atoms with Gasteiger partial charge in [0.1, 0.15) is 6.04 Å². The Morgan fingerprint density at radius 3 is 2.39 bits per heavy atom. The lowest BCUT2D eigenvalue weighted by atomic mass is 10.1. The predicted molar refractivity (Wildman–Crippen MR) is 124 cm³/mol. The van der Waals surface area contributed by atoms with Crippen molar-refractivity contribution in [1.82, 2.24) is 29.6 Å². The smallest absolute Gasteiger partial charge is 0.408 e. The van der Waals surface area contributed by atoms with Gasteiger partial charge in [0, 0.05) is 37.8 Å². The summed E-state index contributed by atoms with van der Waals surface area (Å²) in [5, 5.41) is 1.71. The third-order valence-corrected chi connectivity index (χ3v) is 5.84. The van der Waals surface area contributed by atoms with E-state index in [9.17, 15) is 31.1 Å². The molecule has 3 aromatic heterocycles. The first-order chi connectivity index (χ1) is 17.8. The second-order valence-electron chi connectivity index (χ2n) is 8.28. The number of alkyl halides is 6. The maximum absolute atomic E-state index is 13.4. The molecule has 0 bridgehead atoms. The quantitative estimate of drug-likeness (QED) is 0.371. The van der Waals surface area contributed by atoms with Gasteiger partial charge in [-0.25, -0.2) is 19.7 Å². The molecule has 0 unspecified atom stereocenters. The van der Waals surface area contributed by atoms with Gasteiger partial charge < -0.3 is 24.1 Å². The number of fused-ring (bicyclic) bond motifs is 1. The lowest BCUT2D eigenvalue weighted by Crippen LogP contribution is -2.51. The van der Waals surface area contributed by atoms with Crippen molar-refractivity contribution in [2.75, 3.05) is 20.8 Å². The lowest BCUT2D eigenvalue weighted by Gasteiger charge is -2.31. The zero-order valence-corrected chi connectivity index (χ0v) is 20.9. The molecule has 1 N–H and O–H groups in total. The summed E-state index contributed by atoms with van der Waals surface area (Å²) in [6.45, 7) is 3.05. The number of rotatable bonds is 9. The highest BCUT2D eigenvalue weighted by Gasteiger charge is 2.43. The van der Waals surface area contributed by atoms with Gasteiger partial charge in [-0.2, -0.15) is 26.3 Å². The maximum Gasteiger partial charge on any atom is 0.408 e. The van der Waals surface area contributed by atoms with E-state index < -0.39 is 43.3 Å². The zero-order valence-electron chi connectivity index (χ0n) is 20.9.